The van der Waals surface area contributed by atoms with Crippen molar-refractivity contribution in [2.45, 2.75) is 59.5 Å². The molecule has 1 aromatic heterocycles. The van der Waals surface area contributed by atoms with Gasteiger partial charge in [0.25, 0.3) is 0 Å². The van der Waals surface area contributed by atoms with Crippen molar-refractivity contribution in [1.82, 2.24) is 10.3 Å². The van der Waals surface area contributed by atoms with Gasteiger partial charge in [-0.05, 0) is 42.9 Å². The highest BCUT2D eigenvalue weighted by Gasteiger charge is 2.10. The fourth-order valence-electron chi connectivity index (χ4n) is 1.98. The first kappa shape index (κ1) is 14.2. The van der Waals surface area contributed by atoms with Crippen molar-refractivity contribution in [3.8, 4) is 0 Å². The Kier molecular flexibility index (Phi) is 6.20. The molecule has 2 nitrogen and oxygen atoms in total. The second kappa shape index (κ2) is 7.44. The van der Waals surface area contributed by atoms with Crippen LogP contribution in [0.4, 0.5) is 0 Å². The van der Waals surface area contributed by atoms with E-state index < -0.39 is 0 Å². The molecule has 0 saturated carbocycles. The van der Waals surface area contributed by atoms with Crippen LogP contribution in [-0.2, 0) is 6.54 Å². The van der Waals surface area contributed by atoms with Crippen LogP contribution in [0.1, 0.15) is 51.2 Å². The summed E-state index contributed by atoms with van der Waals surface area (Å²) in [5, 5.41) is 3.65. The molecule has 1 aromatic rings. The largest absolute Gasteiger partial charge is 0.310 e. The predicted octanol–water partition coefficient (Wildman–Crippen LogP) is 3.69. The van der Waals surface area contributed by atoms with Gasteiger partial charge in [-0.15, -0.1) is 0 Å². The lowest BCUT2D eigenvalue weighted by atomic mass is 9.97. The van der Waals surface area contributed by atoms with Gasteiger partial charge in [0.15, 0.2) is 0 Å². The smallest absolute Gasteiger partial charge is 0.0315 e. The molecule has 0 aliphatic rings. The van der Waals surface area contributed by atoms with Crippen molar-refractivity contribution in [3.63, 3.8) is 0 Å². The normalized spacial score (nSPS) is 14.6. The van der Waals surface area contributed by atoms with Crippen LogP contribution in [0.5, 0.6) is 0 Å². The molecular formula is C15H26N2. The minimum atomic E-state index is 0.629. The molecule has 0 fully saturated rings. The third-order valence-electron chi connectivity index (χ3n) is 3.61. The minimum Gasteiger partial charge on any atom is -0.310 e. The van der Waals surface area contributed by atoms with E-state index in [0.717, 1.165) is 12.5 Å². The van der Waals surface area contributed by atoms with E-state index in [9.17, 15) is 0 Å². The Bertz CT molecular complexity index is 322. The number of nitrogens with one attached hydrogen (secondary N) is 1. The van der Waals surface area contributed by atoms with Gasteiger partial charge >= 0.3 is 0 Å². The second-order valence-corrected chi connectivity index (χ2v) is 5.04. The van der Waals surface area contributed by atoms with Crippen LogP contribution in [0.25, 0.3) is 0 Å². The molecule has 2 unspecified atom stereocenters. The predicted molar refractivity (Wildman–Crippen MR) is 74.0 cm³/mol. The van der Waals surface area contributed by atoms with Crippen molar-refractivity contribution in [2.75, 3.05) is 0 Å². The molecule has 96 valence electrons. The standard InChI is InChI=1S/C15H26N2/c1-5-12(3)9-15(6-2)17-11-14-10-16-8-7-13(14)4/h7-8,10,12,15,17H,5-6,9,11H2,1-4H3. The zero-order chi connectivity index (χ0) is 12.7. The molecule has 0 bridgehead atoms. The molecule has 1 heterocycles. The first-order valence-electron chi connectivity index (χ1n) is 6.80. The molecule has 2 heteroatoms. The summed E-state index contributed by atoms with van der Waals surface area (Å²) in [6.07, 6.45) is 7.56. The summed E-state index contributed by atoms with van der Waals surface area (Å²) in [5.41, 5.74) is 2.64. The molecule has 0 aromatic carbocycles. The van der Waals surface area contributed by atoms with E-state index >= 15 is 0 Å². The molecule has 0 radical (unpaired) electrons. The molecule has 1 N–H and O–H groups in total. The summed E-state index contributed by atoms with van der Waals surface area (Å²) in [6, 6.07) is 2.71. The molecule has 0 aliphatic heterocycles. The molecule has 0 spiro atoms. The average molecular weight is 234 g/mol. The molecule has 17 heavy (non-hydrogen) atoms. The van der Waals surface area contributed by atoms with E-state index in [4.69, 9.17) is 0 Å². The van der Waals surface area contributed by atoms with E-state index in [2.05, 4.69) is 44.1 Å². The zero-order valence-electron chi connectivity index (χ0n) is 11.7. The lowest BCUT2D eigenvalue weighted by Crippen LogP contribution is -2.30. The van der Waals surface area contributed by atoms with Gasteiger partial charge in [0.1, 0.15) is 0 Å². The van der Waals surface area contributed by atoms with Gasteiger partial charge in [-0.3, -0.25) is 4.98 Å². The Balaban J connectivity index is 2.45. The van der Waals surface area contributed by atoms with Gasteiger partial charge in [-0.1, -0.05) is 27.2 Å². The molecular weight excluding hydrogens is 208 g/mol. The van der Waals surface area contributed by atoms with E-state index in [1.165, 1.54) is 30.4 Å². The van der Waals surface area contributed by atoms with Crippen LogP contribution in [0.15, 0.2) is 18.5 Å². The van der Waals surface area contributed by atoms with E-state index in [1.54, 1.807) is 0 Å². The van der Waals surface area contributed by atoms with Crippen LogP contribution >= 0.6 is 0 Å². The molecule has 0 aliphatic carbocycles. The minimum absolute atomic E-state index is 0.629. The van der Waals surface area contributed by atoms with E-state index in [0.29, 0.717) is 6.04 Å². The summed E-state index contributed by atoms with van der Waals surface area (Å²) >= 11 is 0. The number of aromatic nitrogens is 1. The van der Waals surface area contributed by atoms with Crippen LogP contribution in [0, 0.1) is 12.8 Å². The van der Waals surface area contributed by atoms with Crippen LogP contribution in [0.2, 0.25) is 0 Å². The summed E-state index contributed by atoms with van der Waals surface area (Å²) in [6.45, 7) is 9.95. The highest BCUT2D eigenvalue weighted by molar-refractivity contribution is 5.21. The Morgan fingerprint density at radius 2 is 2.06 bits per heavy atom. The van der Waals surface area contributed by atoms with Gasteiger partial charge in [0, 0.05) is 25.0 Å². The highest BCUT2D eigenvalue weighted by Crippen LogP contribution is 2.13. The van der Waals surface area contributed by atoms with Gasteiger partial charge < -0.3 is 5.32 Å². The van der Waals surface area contributed by atoms with Gasteiger partial charge in [0.05, 0.1) is 0 Å². The number of hydrogen-bond donors (Lipinski definition) is 1. The molecule has 0 amide bonds. The van der Waals surface area contributed by atoms with Gasteiger partial charge in [-0.2, -0.15) is 0 Å². The first-order valence-corrected chi connectivity index (χ1v) is 6.80. The van der Waals surface area contributed by atoms with Crippen LogP contribution in [0.3, 0.4) is 0 Å². The van der Waals surface area contributed by atoms with Crippen LogP contribution < -0.4 is 5.32 Å². The number of hydrogen-bond acceptors (Lipinski definition) is 2. The number of nitrogens with zero attached hydrogens (tertiary/aromatic N) is 1. The third-order valence-corrected chi connectivity index (χ3v) is 3.61. The summed E-state index contributed by atoms with van der Waals surface area (Å²) in [4.78, 5) is 4.19. The topological polar surface area (TPSA) is 24.9 Å². The Morgan fingerprint density at radius 1 is 1.29 bits per heavy atom. The summed E-state index contributed by atoms with van der Waals surface area (Å²) in [7, 11) is 0. The summed E-state index contributed by atoms with van der Waals surface area (Å²) < 4.78 is 0. The first-order chi connectivity index (χ1) is 8.17. The summed E-state index contributed by atoms with van der Waals surface area (Å²) in [5.74, 6) is 0.808. The Labute approximate surface area is 106 Å². The zero-order valence-corrected chi connectivity index (χ0v) is 11.7. The lowest BCUT2D eigenvalue weighted by molar-refractivity contribution is 0.383. The number of aryl methyl sites for hydroxylation is 1. The quantitative estimate of drug-likeness (QED) is 0.778. The van der Waals surface area contributed by atoms with Crippen molar-refractivity contribution >= 4 is 0 Å². The van der Waals surface area contributed by atoms with Crippen molar-refractivity contribution < 1.29 is 0 Å². The lowest BCUT2D eigenvalue weighted by Gasteiger charge is -2.20. The second-order valence-electron chi connectivity index (χ2n) is 5.04. The Morgan fingerprint density at radius 3 is 2.65 bits per heavy atom. The molecule has 2 atom stereocenters. The monoisotopic (exact) mass is 234 g/mol. The maximum atomic E-state index is 4.19. The van der Waals surface area contributed by atoms with Gasteiger partial charge in [0.2, 0.25) is 0 Å². The van der Waals surface area contributed by atoms with E-state index in [-0.39, 0.29) is 0 Å². The van der Waals surface area contributed by atoms with E-state index in [1.807, 2.05) is 12.4 Å². The number of pyridine rings is 1. The van der Waals surface area contributed by atoms with Crippen LogP contribution in [-0.4, -0.2) is 11.0 Å². The fourth-order valence-corrected chi connectivity index (χ4v) is 1.98. The van der Waals surface area contributed by atoms with Gasteiger partial charge in [-0.25, -0.2) is 0 Å². The van der Waals surface area contributed by atoms with Crippen molar-refractivity contribution in [1.29, 1.82) is 0 Å². The number of rotatable bonds is 7. The molecule has 1 rings (SSSR count). The average Bonchev–Trinajstić information content (AvgIpc) is 2.35. The maximum absolute atomic E-state index is 4.19. The fraction of sp³-hybridized carbons (Fsp3) is 0.667. The molecule has 0 saturated heterocycles. The van der Waals surface area contributed by atoms with Crippen molar-refractivity contribution in [2.24, 2.45) is 5.92 Å². The van der Waals surface area contributed by atoms with Crippen molar-refractivity contribution in [3.05, 3.63) is 29.6 Å². The SMILES string of the molecule is CCC(C)CC(CC)NCc1cnccc1C. The maximum Gasteiger partial charge on any atom is 0.0315 e. The highest BCUT2D eigenvalue weighted by atomic mass is 14.9. The Hall–Kier alpha value is -0.890. The third kappa shape index (κ3) is 4.86.